The van der Waals surface area contributed by atoms with Crippen molar-refractivity contribution in [3.63, 3.8) is 0 Å². The molecule has 2 bridgehead atoms. The first-order chi connectivity index (χ1) is 14.1. The maximum Gasteiger partial charge on any atom is 0.252 e. The minimum Gasteiger partial charge on any atom is -0.507 e. The number of benzene rings is 1. The molecular formula is C19H16F2N6O2. The van der Waals surface area contributed by atoms with Crippen LogP contribution in [0.5, 0.6) is 11.6 Å². The molecule has 5 rings (SSSR count). The third kappa shape index (κ3) is 3.31. The van der Waals surface area contributed by atoms with Gasteiger partial charge in [-0.3, -0.25) is 0 Å². The number of halogens is 2. The maximum absolute atomic E-state index is 14.4. The number of fused-ring (bicyclic) bond motifs is 2. The Kier molecular flexibility index (Phi) is 4.20. The second-order valence-corrected chi connectivity index (χ2v) is 6.94. The first-order valence-corrected chi connectivity index (χ1v) is 9.05. The third-order valence-corrected chi connectivity index (χ3v) is 4.99. The number of hydrogen-bond acceptors (Lipinski definition) is 7. The van der Waals surface area contributed by atoms with E-state index in [2.05, 4.69) is 25.6 Å². The van der Waals surface area contributed by atoms with E-state index >= 15 is 0 Å². The summed E-state index contributed by atoms with van der Waals surface area (Å²) in [5, 5.41) is 25.2. The predicted octanol–water partition coefficient (Wildman–Crippen LogP) is 1.95. The standard InChI is InChI=1S/C19H16F2N6O2/c20-10-7-23-27(9-10)12-2-3-13(15(28)6-12)19-22-8-17(25-26-19)29-16-5-11-1-4-14(24-11)18(16)21/h1-4,6-9,11,14,16,18,24,28H,5H2/t11-,14+,16-,18+/m0/s1. The molecule has 0 saturated carbocycles. The molecule has 4 atom stereocenters. The van der Waals surface area contributed by atoms with Crippen molar-refractivity contribution in [3.05, 3.63) is 54.8 Å². The number of rotatable bonds is 4. The number of aromatic hydroxyl groups is 1. The zero-order chi connectivity index (χ0) is 20.0. The van der Waals surface area contributed by atoms with Gasteiger partial charge in [0, 0.05) is 18.5 Å². The van der Waals surface area contributed by atoms with Gasteiger partial charge >= 0.3 is 0 Å². The highest BCUT2D eigenvalue weighted by atomic mass is 19.1. The number of nitrogens with one attached hydrogen (secondary N) is 1. The molecule has 0 amide bonds. The van der Waals surface area contributed by atoms with Crippen molar-refractivity contribution >= 4 is 0 Å². The van der Waals surface area contributed by atoms with Gasteiger partial charge in [-0.05, 0) is 12.1 Å². The highest BCUT2D eigenvalue weighted by Gasteiger charge is 2.40. The minimum absolute atomic E-state index is 0.0934. The summed E-state index contributed by atoms with van der Waals surface area (Å²) < 4.78 is 34.5. The van der Waals surface area contributed by atoms with Crippen LogP contribution in [-0.4, -0.2) is 54.4 Å². The van der Waals surface area contributed by atoms with E-state index in [0.29, 0.717) is 17.7 Å². The van der Waals surface area contributed by atoms with Crippen LogP contribution in [0.4, 0.5) is 8.78 Å². The van der Waals surface area contributed by atoms with Crippen LogP contribution in [0.25, 0.3) is 17.1 Å². The van der Waals surface area contributed by atoms with Crippen molar-refractivity contribution < 1.29 is 18.6 Å². The molecular weight excluding hydrogens is 382 g/mol. The zero-order valence-electron chi connectivity index (χ0n) is 15.0. The predicted molar refractivity (Wildman–Crippen MR) is 97.8 cm³/mol. The van der Waals surface area contributed by atoms with E-state index in [-0.39, 0.29) is 29.5 Å². The van der Waals surface area contributed by atoms with Crippen molar-refractivity contribution in [2.75, 3.05) is 0 Å². The van der Waals surface area contributed by atoms with Gasteiger partial charge in [-0.15, -0.1) is 10.2 Å². The van der Waals surface area contributed by atoms with Crippen LogP contribution >= 0.6 is 0 Å². The van der Waals surface area contributed by atoms with Crippen LogP contribution in [0.2, 0.25) is 0 Å². The number of aromatic nitrogens is 5. The van der Waals surface area contributed by atoms with Crippen molar-refractivity contribution in [1.29, 1.82) is 0 Å². The smallest absolute Gasteiger partial charge is 0.252 e. The number of nitrogens with zero attached hydrogens (tertiary/aromatic N) is 5. The van der Waals surface area contributed by atoms with Gasteiger partial charge in [0.15, 0.2) is 17.8 Å². The van der Waals surface area contributed by atoms with Gasteiger partial charge in [0.2, 0.25) is 0 Å². The highest BCUT2D eigenvalue weighted by molar-refractivity contribution is 5.65. The van der Waals surface area contributed by atoms with E-state index in [1.54, 1.807) is 12.1 Å². The van der Waals surface area contributed by atoms with E-state index in [0.717, 1.165) is 6.20 Å². The number of piperidine rings is 1. The molecule has 0 radical (unpaired) electrons. The zero-order valence-corrected chi connectivity index (χ0v) is 15.0. The summed E-state index contributed by atoms with van der Waals surface area (Å²) in [6.07, 6.45) is 6.05. The third-order valence-electron chi connectivity index (χ3n) is 4.99. The molecule has 2 aliphatic rings. The topological polar surface area (TPSA) is 98.0 Å². The van der Waals surface area contributed by atoms with Crippen molar-refractivity contribution in [3.8, 4) is 28.7 Å². The molecule has 2 aliphatic heterocycles. The lowest BCUT2D eigenvalue weighted by atomic mass is 9.99. The van der Waals surface area contributed by atoms with E-state index in [4.69, 9.17) is 4.74 Å². The molecule has 10 heteroatoms. The quantitative estimate of drug-likeness (QED) is 0.649. The Morgan fingerprint density at radius 2 is 2.10 bits per heavy atom. The summed E-state index contributed by atoms with van der Waals surface area (Å²) in [6, 6.07) is 4.38. The average Bonchev–Trinajstić information content (AvgIpc) is 3.33. The fraction of sp³-hybridized carbons (Fsp3) is 0.263. The normalized spacial score (nSPS) is 25.3. The van der Waals surface area contributed by atoms with Crippen molar-refractivity contribution in [2.45, 2.75) is 30.8 Å². The molecule has 0 aliphatic carbocycles. The summed E-state index contributed by atoms with van der Waals surface area (Å²) in [5.41, 5.74) is 0.819. The summed E-state index contributed by atoms with van der Waals surface area (Å²) in [6.45, 7) is 0. The summed E-state index contributed by atoms with van der Waals surface area (Å²) in [7, 11) is 0. The van der Waals surface area contributed by atoms with E-state index in [1.165, 1.54) is 23.1 Å². The molecule has 3 aromatic rings. The van der Waals surface area contributed by atoms with Crippen LogP contribution in [0.1, 0.15) is 6.42 Å². The Morgan fingerprint density at radius 1 is 1.21 bits per heavy atom. The number of phenols is 1. The first-order valence-electron chi connectivity index (χ1n) is 9.05. The first kappa shape index (κ1) is 17.7. The second kappa shape index (κ2) is 6.89. The fourth-order valence-electron chi connectivity index (χ4n) is 3.57. The monoisotopic (exact) mass is 398 g/mol. The van der Waals surface area contributed by atoms with Gasteiger partial charge < -0.3 is 15.2 Å². The van der Waals surface area contributed by atoms with Gasteiger partial charge in [-0.1, -0.05) is 12.2 Å². The molecule has 8 nitrogen and oxygen atoms in total. The maximum atomic E-state index is 14.4. The van der Waals surface area contributed by atoms with E-state index < -0.39 is 18.1 Å². The van der Waals surface area contributed by atoms with Crippen LogP contribution in [0.3, 0.4) is 0 Å². The molecule has 1 saturated heterocycles. The molecule has 0 unspecified atom stereocenters. The van der Waals surface area contributed by atoms with E-state index in [9.17, 15) is 13.9 Å². The minimum atomic E-state index is -1.19. The molecule has 2 aromatic heterocycles. The summed E-state index contributed by atoms with van der Waals surface area (Å²) in [4.78, 5) is 4.17. The number of phenolic OH excluding ortho intramolecular Hbond substituents is 1. The molecule has 0 spiro atoms. The van der Waals surface area contributed by atoms with Crippen LogP contribution in [0, 0.1) is 5.82 Å². The molecule has 4 heterocycles. The van der Waals surface area contributed by atoms with Crippen molar-refractivity contribution in [1.82, 2.24) is 30.3 Å². The summed E-state index contributed by atoms with van der Waals surface area (Å²) in [5.74, 6) is -0.300. The Morgan fingerprint density at radius 3 is 2.83 bits per heavy atom. The second-order valence-electron chi connectivity index (χ2n) is 6.94. The van der Waals surface area contributed by atoms with Crippen LogP contribution < -0.4 is 10.1 Å². The van der Waals surface area contributed by atoms with Gasteiger partial charge in [-0.2, -0.15) is 5.10 Å². The molecule has 2 N–H and O–H groups in total. The Labute approximate surface area is 163 Å². The molecule has 29 heavy (non-hydrogen) atoms. The van der Waals surface area contributed by atoms with Gasteiger partial charge in [0.1, 0.15) is 11.9 Å². The Hall–Kier alpha value is -3.40. The summed E-state index contributed by atoms with van der Waals surface area (Å²) >= 11 is 0. The van der Waals surface area contributed by atoms with E-state index in [1.807, 2.05) is 12.2 Å². The largest absolute Gasteiger partial charge is 0.507 e. The SMILES string of the molecule is Oc1cc(-n2cc(F)cn2)ccc1-c1ncc(O[C@H]2C[C@@H]3C=C[C@@H](N3)[C@H]2F)nn1. The number of ether oxygens (including phenoxy) is 1. The number of hydrogen-bond donors (Lipinski definition) is 2. The molecule has 1 aromatic carbocycles. The van der Waals surface area contributed by atoms with Crippen LogP contribution in [0.15, 0.2) is 48.9 Å². The lowest BCUT2D eigenvalue weighted by molar-refractivity contribution is 0.0472. The van der Waals surface area contributed by atoms with Gasteiger partial charge in [0.25, 0.3) is 5.88 Å². The average molecular weight is 398 g/mol. The van der Waals surface area contributed by atoms with Gasteiger partial charge in [-0.25, -0.2) is 18.4 Å². The Bertz CT molecular complexity index is 1070. The highest BCUT2D eigenvalue weighted by Crippen LogP contribution is 2.30. The Balaban J connectivity index is 1.32. The fourth-order valence-corrected chi connectivity index (χ4v) is 3.57. The molecule has 148 valence electrons. The van der Waals surface area contributed by atoms with Crippen molar-refractivity contribution in [2.24, 2.45) is 0 Å². The van der Waals surface area contributed by atoms with Crippen LogP contribution in [-0.2, 0) is 0 Å². The number of alkyl halides is 1. The molecule has 1 fully saturated rings. The lowest BCUT2D eigenvalue weighted by Crippen LogP contribution is -2.52. The lowest BCUT2D eigenvalue weighted by Gasteiger charge is -2.32. The van der Waals surface area contributed by atoms with Gasteiger partial charge in [0.05, 0.1) is 35.9 Å².